The predicted octanol–water partition coefficient (Wildman–Crippen LogP) is 3.34. The van der Waals surface area contributed by atoms with E-state index in [4.69, 9.17) is 14.2 Å². The van der Waals surface area contributed by atoms with Crippen LogP contribution in [-0.2, 0) is 19.6 Å². The number of sulfonamides is 1. The van der Waals surface area contributed by atoms with Crippen molar-refractivity contribution in [1.29, 1.82) is 0 Å². The number of benzene rings is 2. The Labute approximate surface area is 220 Å². The first kappa shape index (κ1) is 28.6. The quantitative estimate of drug-likeness (QED) is 0.310. The number of anilines is 1. The molecule has 3 N–H and O–H groups in total. The zero-order valence-electron chi connectivity index (χ0n) is 21.6. The number of carboxylic acids is 1. The van der Waals surface area contributed by atoms with Crippen molar-refractivity contribution in [2.75, 3.05) is 26.1 Å². The van der Waals surface area contributed by atoms with E-state index in [0.717, 1.165) is 0 Å². The van der Waals surface area contributed by atoms with Crippen LogP contribution in [-0.4, -0.2) is 62.0 Å². The van der Waals surface area contributed by atoms with Crippen molar-refractivity contribution in [2.45, 2.75) is 38.1 Å². The molecule has 1 atom stereocenters. The molecule has 0 aliphatic rings. The molecule has 1 amide bonds. The van der Waals surface area contributed by atoms with Gasteiger partial charge in [0.15, 0.2) is 5.69 Å². The molecule has 0 aliphatic heterocycles. The zero-order valence-corrected chi connectivity index (χ0v) is 22.5. The maximum absolute atomic E-state index is 13.3. The van der Waals surface area contributed by atoms with Gasteiger partial charge >= 0.3 is 5.97 Å². The minimum Gasteiger partial charge on any atom is -0.497 e. The third-order valence-corrected chi connectivity index (χ3v) is 7.17. The van der Waals surface area contributed by atoms with E-state index in [1.54, 1.807) is 31.2 Å². The van der Waals surface area contributed by atoms with Crippen molar-refractivity contribution in [2.24, 2.45) is 0 Å². The largest absolute Gasteiger partial charge is 0.497 e. The number of hydrogen-bond acceptors (Lipinski definition) is 8. The van der Waals surface area contributed by atoms with E-state index in [-0.39, 0.29) is 46.1 Å². The number of carbonyl (C=O) groups is 2. The molecular formula is C25H30N4O8S. The molecule has 13 heteroatoms. The minimum absolute atomic E-state index is 0.00345. The van der Waals surface area contributed by atoms with Gasteiger partial charge in [-0.05, 0) is 62.7 Å². The second-order valence-electron chi connectivity index (χ2n) is 8.37. The molecule has 3 aromatic rings. The molecule has 1 heterocycles. The smallest absolute Gasteiger partial charge is 0.356 e. The summed E-state index contributed by atoms with van der Waals surface area (Å²) < 4.78 is 46.6. The fourth-order valence-corrected chi connectivity index (χ4v) is 4.91. The van der Waals surface area contributed by atoms with Gasteiger partial charge in [-0.1, -0.05) is 6.92 Å². The highest BCUT2D eigenvalue weighted by atomic mass is 32.2. The molecule has 204 valence electrons. The van der Waals surface area contributed by atoms with Gasteiger partial charge in [-0.15, -0.1) is 0 Å². The molecule has 38 heavy (non-hydrogen) atoms. The van der Waals surface area contributed by atoms with Gasteiger partial charge in [0.2, 0.25) is 21.8 Å². The van der Waals surface area contributed by atoms with Gasteiger partial charge in [0, 0.05) is 24.4 Å². The summed E-state index contributed by atoms with van der Waals surface area (Å²) in [7, 11) is -1.24. The van der Waals surface area contributed by atoms with Gasteiger partial charge in [-0.25, -0.2) is 17.9 Å². The lowest BCUT2D eigenvalue weighted by atomic mass is 10.2. The van der Waals surface area contributed by atoms with Crippen molar-refractivity contribution >= 4 is 27.6 Å². The number of amides is 1. The van der Waals surface area contributed by atoms with E-state index in [0.29, 0.717) is 17.9 Å². The zero-order chi connectivity index (χ0) is 28.0. The Balaban J connectivity index is 2.15. The normalized spacial score (nSPS) is 12.1. The lowest BCUT2D eigenvalue weighted by molar-refractivity contribution is -0.119. The second kappa shape index (κ2) is 12.1. The predicted molar refractivity (Wildman–Crippen MR) is 139 cm³/mol. The summed E-state index contributed by atoms with van der Waals surface area (Å²) in [4.78, 5) is 23.6. The number of aromatic nitrogens is 2. The number of carboxylic acid groups (broad SMARTS) is 1. The van der Waals surface area contributed by atoms with Gasteiger partial charge in [-0.3, -0.25) is 4.79 Å². The molecule has 0 spiro atoms. The maximum Gasteiger partial charge on any atom is 0.356 e. The van der Waals surface area contributed by atoms with Gasteiger partial charge in [0.1, 0.15) is 23.0 Å². The Morgan fingerprint density at radius 2 is 1.82 bits per heavy atom. The monoisotopic (exact) mass is 546 g/mol. The fourth-order valence-electron chi connectivity index (χ4n) is 3.43. The molecule has 0 bridgehead atoms. The Bertz CT molecular complexity index is 1420. The summed E-state index contributed by atoms with van der Waals surface area (Å²) >= 11 is 0. The molecule has 0 saturated heterocycles. The Kier molecular flexibility index (Phi) is 9.09. The van der Waals surface area contributed by atoms with Gasteiger partial charge < -0.3 is 24.6 Å². The Hall–Kier alpha value is -3.94. The number of rotatable bonds is 12. The van der Waals surface area contributed by atoms with Crippen LogP contribution in [0, 0.1) is 6.92 Å². The molecule has 1 unspecified atom stereocenters. The van der Waals surface area contributed by atoms with Crippen LogP contribution in [0.15, 0.2) is 47.4 Å². The highest BCUT2D eigenvalue weighted by molar-refractivity contribution is 7.89. The van der Waals surface area contributed by atoms with E-state index in [1.165, 1.54) is 44.0 Å². The van der Waals surface area contributed by atoms with Gasteiger partial charge in [0.05, 0.1) is 12.8 Å². The topological polar surface area (TPSA) is 158 Å². The highest BCUT2D eigenvalue weighted by Gasteiger charge is 2.27. The summed E-state index contributed by atoms with van der Waals surface area (Å²) in [5.74, 6) is -1.26. The SMILES string of the molecule is CCC(C)NS(=O)(=O)c1cc(NC(=O)COC)ccc1Oc1c(C)c(C(=O)O)nn1-c1ccc(OC)cc1. The van der Waals surface area contributed by atoms with Crippen LogP contribution in [0.25, 0.3) is 5.69 Å². The van der Waals surface area contributed by atoms with Crippen LogP contribution >= 0.6 is 0 Å². The van der Waals surface area contributed by atoms with Crippen LogP contribution in [0.4, 0.5) is 5.69 Å². The number of nitrogens with zero attached hydrogens (tertiary/aromatic N) is 2. The third kappa shape index (κ3) is 6.49. The average molecular weight is 547 g/mol. The number of carbonyl (C=O) groups excluding carboxylic acids is 1. The number of aromatic carboxylic acids is 1. The number of hydrogen-bond donors (Lipinski definition) is 3. The molecule has 0 aliphatic carbocycles. The van der Waals surface area contributed by atoms with E-state index < -0.39 is 21.9 Å². The van der Waals surface area contributed by atoms with Crippen LogP contribution in [0.1, 0.15) is 36.3 Å². The van der Waals surface area contributed by atoms with E-state index in [2.05, 4.69) is 15.1 Å². The van der Waals surface area contributed by atoms with Crippen LogP contribution in [0.2, 0.25) is 0 Å². The van der Waals surface area contributed by atoms with Crippen LogP contribution in [0.3, 0.4) is 0 Å². The molecule has 1 aromatic heterocycles. The summed E-state index contributed by atoms with van der Waals surface area (Å²) in [5.41, 5.74) is 0.586. The minimum atomic E-state index is -4.12. The fraction of sp³-hybridized carbons (Fsp3) is 0.320. The van der Waals surface area contributed by atoms with E-state index in [1.807, 2.05) is 6.92 Å². The van der Waals surface area contributed by atoms with Crippen molar-refractivity contribution in [3.63, 3.8) is 0 Å². The summed E-state index contributed by atoms with van der Waals surface area (Å²) in [6.07, 6.45) is 0.533. The van der Waals surface area contributed by atoms with E-state index in [9.17, 15) is 23.1 Å². The summed E-state index contributed by atoms with van der Waals surface area (Å²) in [6.45, 7) is 4.83. The molecule has 2 aromatic carbocycles. The number of methoxy groups -OCH3 is 2. The Morgan fingerprint density at radius 1 is 1.13 bits per heavy atom. The molecular weight excluding hydrogens is 516 g/mol. The number of nitrogens with one attached hydrogen (secondary N) is 2. The van der Waals surface area contributed by atoms with Crippen LogP contribution in [0.5, 0.6) is 17.4 Å². The highest BCUT2D eigenvalue weighted by Crippen LogP contribution is 2.35. The first-order chi connectivity index (χ1) is 18.0. The first-order valence-electron chi connectivity index (χ1n) is 11.6. The summed E-state index contributed by atoms with van der Waals surface area (Å²) in [6, 6.07) is 10.4. The number of ether oxygens (including phenoxy) is 3. The van der Waals surface area contributed by atoms with Gasteiger partial charge in [0.25, 0.3) is 0 Å². The van der Waals surface area contributed by atoms with Crippen molar-refractivity contribution in [3.8, 4) is 23.1 Å². The van der Waals surface area contributed by atoms with Crippen molar-refractivity contribution in [3.05, 3.63) is 53.7 Å². The van der Waals surface area contributed by atoms with Gasteiger partial charge in [-0.2, -0.15) is 9.78 Å². The maximum atomic E-state index is 13.3. The van der Waals surface area contributed by atoms with Crippen molar-refractivity contribution < 1.29 is 37.3 Å². The molecule has 3 rings (SSSR count). The summed E-state index contributed by atoms with van der Waals surface area (Å²) in [5, 5.41) is 16.4. The average Bonchev–Trinajstić information content (AvgIpc) is 3.20. The lowest BCUT2D eigenvalue weighted by Crippen LogP contribution is -2.32. The molecule has 0 saturated carbocycles. The molecule has 12 nitrogen and oxygen atoms in total. The van der Waals surface area contributed by atoms with Crippen molar-refractivity contribution in [1.82, 2.24) is 14.5 Å². The molecule has 0 radical (unpaired) electrons. The Morgan fingerprint density at radius 3 is 2.39 bits per heavy atom. The standard InChI is InChI=1S/C25H30N4O8S/c1-6-15(2)28-38(33,34)21-13-17(26-22(30)14-35-4)7-12-20(21)37-24-16(3)23(25(31)32)27-29(24)18-8-10-19(36-5)11-9-18/h7-13,15,28H,6,14H2,1-5H3,(H,26,30)(H,31,32). The van der Waals surface area contributed by atoms with E-state index >= 15 is 0 Å². The third-order valence-electron chi connectivity index (χ3n) is 5.56. The van der Waals surface area contributed by atoms with Crippen LogP contribution < -0.4 is 19.5 Å². The lowest BCUT2D eigenvalue weighted by Gasteiger charge is -2.17. The molecule has 0 fully saturated rings. The second-order valence-corrected chi connectivity index (χ2v) is 10.1. The first-order valence-corrected chi connectivity index (χ1v) is 13.1.